The van der Waals surface area contributed by atoms with Crippen molar-refractivity contribution in [3.63, 3.8) is 0 Å². The van der Waals surface area contributed by atoms with Crippen LogP contribution >= 0.6 is 0 Å². The first kappa shape index (κ1) is 12.5. The number of fused-ring (bicyclic) bond motifs is 2. The maximum atomic E-state index is 5.64. The molecule has 0 amide bonds. The lowest BCUT2D eigenvalue weighted by molar-refractivity contribution is 0.168. The monoisotopic (exact) mass is 288 g/mol. The Balaban J connectivity index is 1.95. The smallest absolute Gasteiger partial charge is 0.231 e. The molecule has 7 nitrogen and oxygen atoms in total. The van der Waals surface area contributed by atoms with Gasteiger partial charge < -0.3 is 14.2 Å². The molecule has 2 aromatic rings. The van der Waals surface area contributed by atoms with Crippen LogP contribution in [0.4, 0.5) is 0 Å². The van der Waals surface area contributed by atoms with Crippen molar-refractivity contribution in [1.82, 2.24) is 19.7 Å². The molecule has 1 aromatic carbocycles. The average molecular weight is 288 g/mol. The highest BCUT2D eigenvalue weighted by Crippen LogP contribution is 2.49. The summed E-state index contributed by atoms with van der Waals surface area (Å²) in [7, 11) is 3.73. The van der Waals surface area contributed by atoms with Crippen molar-refractivity contribution < 1.29 is 14.2 Å². The molecular formula is C14H16N4O3. The number of nitrogens with zero attached hydrogens (tertiary/aromatic N) is 4. The number of hydrogen-bond donors (Lipinski definition) is 0. The fraction of sp³-hybridized carbons (Fsp3) is 0.429. The summed E-state index contributed by atoms with van der Waals surface area (Å²) in [5.41, 5.74) is 2.27. The maximum absolute atomic E-state index is 5.64. The molecule has 0 saturated heterocycles. The molecule has 2 aliphatic rings. The third-order valence-corrected chi connectivity index (χ3v) is 4.04. The van der Waals surface area contributed by atoms with Crippen molar-refractivity contribution in [1.29, 1.82) is 0 Å². The summed E-state index contributed by atoms with van der Waals surface area (Å²) in [4.78, 5) is 6.29. The first-order valence-electron chi connectivity index (χ1n) is 6.83. The highest BCUT2D eigenvalue weighted by Gasteiger charge is 2.35. The molecule has 0 N–H and O–H groups in total. The van der Waals surface area contributed by atoms with Crippen LogP contribution in [-0.4, -0.2) is 47.2 Å². The Bertz CT molecular complexity index is 671. The number of hydrogen-bond acceptors (Lipinski definition) is 6. The molecule has 4 rings (SSSR count). The van der Waals surface area contributed by atoms with Gasteiger partial charge in [-0.05, 0) is 25.1 Å². The Morgan fingerprint density at radius 3 is 3.05 bits per heavy atom. The van der Waals surface area contributed by atoms with E-state index in [1.54, 1.807) is 19.8 Å². The zero-order chi connectivity index (χ0) is 14.4. The summed E-state index contributed by atoms with van der Waals surface area (Å²) >= 11 is 0. The van der Waals surface area contributed by atoms with Crippen LogP contribution in [0.2, 0.25) is 0 Å². The molecule has 7 heteroatoms. The molecule has 110 valence electrons. The first-order chi connectivity index (χ1) is 10.3. The van der Waals surface area contributed by atoms with Gasteiger partial charge in [-0.2, -0.15) is 5.10 Å². The van der Waals surface area contributed by atoms with E-state index < -0.39 is 0 Å². The van der Waals surface area contributed by atoms with Gasteiger partial charge >= 0.3 is 0 Å². The van der Waals surface area contributed by atoms with Crippen molar-refractivity contribution in [2.75, 3.05) is 27.5 Å². The van der Waals surface area contributed by atoms with Crippen LogP contribution in [-0.2, 0) is 6.42 Å². The Morgan fingerprint density at radius 1 is 1.38 bits per heavy atom. The number of aromatic nitrogens is 3. The molecule has 0 unspecified atom stereocenters. The second kappa shape index (κ2) is 4.63. The maximum Gasteiger partial charge on any atom is 0.231 e. The second-order valence-electron chi connectivity index (χ2n) is 5.20. The summed E-state index contributed by atoms with van der Waals surface area (Å²) in [6, 6.07) is 2.05. The Kier molecular flexibility index (Phi) is 2.75. The number of ether oxygens (including phenoxy) is 3. The van der Waals surface area contributed by atoms with E-state index in [0.29, 0.717) is 5.75 Å². The molecular weight excluding hydrogens is 272 g/mol. The van der Waals surface area contributed by atoms with E-state index in [4.69, 9.17) is 14.2 Å². The molecule has 0 fully saturated rings. The Morgan fingerprint density at radius 2 is 2.29 bits per heavy atom. The highest BCUT2D eigenvalue weighted by atomic mass is 16.7. The van der Waals surface area contributed by atoms with Crippen LogP contribution in [0, 0.1) is 0 Å². The zero-order valence-electron chi connectivity index (χ0n) is 11.9. The van der Waals surface area contributed by atoms with Gasteiger partial charge in [0.2, 0.25) is 12.5 Å². The van der Waals surface area contributed by atoms with Crippen molar-refractivity contribution in [3.8, 4) is 17.2 Å². The van der Waals surface area contributed by atoms with Crippen LogP contribution < -0.4 is 14.2 Å². The Labute approximate surface area is 122 Å². The highest BCUT2D eigenvalue weighted by molar-refractivity contribution is 5.61. The lowest BCUT2D eigenvalue weighted by atomic mass is 9.95. The van der Waals surface area contributed by atoms with Crippen LogP contribution in [0.15, 0.2) is 18.7 Å². The van der Waals surface area contributed by atoms with Crippen molar-refractivity contribution in [2.45, 2.75) is 12.6 Å². The normalized spacial score (nSPS) is 20.4. The van der Waals surface area contributed by atoms with Gasteiger partial charge in [0.15, 0.2) is 11.5 Å². The molecule has 0 bridgehead atoms. The molecule has 2 aliphatic heterocycles. The van der Waals surface area contributed by atoms with E-state index in [1.807, 2.05) is 4.68 Å². The number of methoxy groups -OCH3 is 1. The number of likely N-dealkylation sites (N-methyl/N-ethyl adjacent to an activating group) is 1. The van der Waals surface area contributed by atoms with E-state index in [2.05, 4.69) is 28.1 Å². The van der Waals surface area contributed by atoms with Gasteiger partial charge in [0.05, 0.1) is 7.11 Å². The van der Waals surface area contributed by atoms with Gasteiger partial charge in [0, 0.05) is 12.1 Å². The summed E-state index contributed by atoms with van der Waals surface area (Å²) in [5, 5.41) is 4.29. The lowest BCUT2D eigenvalue weighted by Crippen LogP contribution is -2.37. The minimum atomic E-state index is -0.0549. The molecule has 0 radical (unpaired) electrons. The lowest BCUT2D eigenvalue weighted by Gasteiger charge is -2.35. The second-order valence-corrected chi connectivity index (χ2v) is 5.20. The summed E-state index contributed by atoms with van der Waals surface area (Å²) < 4.78 is 18.6. The minimum Gasteiger partial charge on any atom is -0.492 e. The first-order valence-corrected chi connectivity index (χ1v) is 6.83. The fourth-order valence-electron chi connectivity index (χ4n) is 3.09. The molecule has 21 heavy (non-hydrogen) atoms. The van der Waals surface area contributed by atoms with Crippen LogP contribution in [0.3, 0.4) is 0 Å². The van der Waals surface area contributed by atoms with Gasteiger partial charge in [-0.1, -0.05) is 0 Å². The predicted molar refractivity (Wildman–Crippen MR) is 73.6 cm³/mol. The Hall–Kier alpha value is -2.28. The van der Waals surface area contributed by atoms with Crippen LogP contribution in [0.25, 0.3) is 0 Å². The topological polar surface area (TPSA) is 61.6 Å². The van der Waals surface area contributed by atoms with Crippen LogP contribution in [0.5, 0.6) is 17.2 Å². The van der Waals surface area contributed by atoms with Crippen LogP contribution in [0.1, 0.15) is 17.3 Å². The predicted octanol–water partition coefficient (Wildman–Crippen LogP) is 1.05. The summed E-state index contributed by atoms with van der Waals surface area (Å²) in [5.74, 6) is 2.16. The van der Waals surface area contributed by atoms with Gasteiger partial charge in [-0.15, -0.1) is 0 Å². The zero-order valence-corrected chi connectivity index (χ0v) is 11.9. The summed E-state index contributed by atoms with van der Waals surface area (Å²) in [6.07, 6.45) is 4.15. The number of benzene rings is 1. The van der Waals surface area contributed by atoms with Crippen molar-refractivity contribution in [2.24, 2.45) is 0 Å². The summed E-state index contributed by atoms with van der Waals surface area (Å²) in [6.45, 7) is 1.17. The minimum absolute atomic E-state index is 0.0549. The average Bonchev–Trinajstić information content (AvgIpc) is 3.15. The molecule has 1 aromatic heterocycles. The molecule has 0 aliphatic carbocycles. The van der Waals surface area contributed by atoms with E-state index in [-0.39, 0.29) is 13.0 Å². The molecule has 1 atom stereocenters. The van der Waals surface area contributed by atoms with Crippen molar-refractivity contribution in [3.05, 3.63) is 29.8 Å². The molecule has 3 heterocycles. The van der Waals surface area contributed by atoms with Crippen molar-refractivity contribution >= 4 is 0 Å². The largest absolute Gasteiger partial charge is 0.492 e. The van der Waals surface area contributed by atoms with E-state index in [9.17, 15) is 0 Å². The number of rotatable bonds is 2. The third kappa shape index (κ3) is 1.77. The third-order valence-electron chi connectivity index (χ3n) is 4.04. The quantitative estimate of drug-likeness (QED) is 0.823. The fourth-order valence-corrected chi connectivity index (χ4v) is 3.09. The molecule has 0 saturated carbocycles. The van der Waals surface area contributed by atoms with Gasteiger partial charge in [0.1, 0.15) is 18.8 Å². The van der Waals surface area contributed by atoms with Gasteiger partial charge in [0.25, 0.3) is 0 Å². The van der Waals surface area contributed by atoms with Gasteiger partial charge in [-0.25, -0.2) is 9.67 Å². The van der Waals surface area contributed by atoms with E-state index >= 15 is 0 Å². The van der Waals surface area contributed by atoms with Gasteiger partial charge in [-0.3, -0.25) is 4.90 Å². The SMILES string of the molecule is COc1c2c(cc3c1[C@@H](n1cncn1)N(C)CC3)OCO2. The molecule has 0 spiro atoms. The van der Waals surface area contributed by atoms with E-state index in [0.717, 1.165) is 30.0 Å². The standard InChI is InChI=1S/C14H16N4O3/c1-17-4-3-9-5-10-12(21-8-20-10)13(19-2)11(9)14(17)18-7-15-6-16-18/h5-7,14H,3-4,8H2,1-2H3/t14-/m1/s1. The van der Waals surface area contributed by atoms with E-state index in [1.165, 1.54) is 5.56 Å².